The van der Waals surface area contributed by atoms with Crippen LogP contribution in [0.3, 0.4) is 0 Å². The Balaban J connectivity index is 1.16. The number of esters is 1. The molecule has 9 atom stereocenters. The van der Waals surface area contributed by atoms with Gasteiger partial charge in [-0.3, -0.25) is 0 Å². The first kappa shape index (κ1) is 38.4. The van der Waals surface area contributed by atoms with E-state index < -0.39 is 18.3 Å². The Kier molecular flexibility index (Phi) is 18.6. The molecular formula is C37H66O8. The lowest BCUT2D eigenvalue weighted by atomic mass is 9.98. The molecule has 3 rings (SSSR count). The maximum absolute atomic E-state index is 11.7. The van der Waals surface area contributed by atoms with Crippen LogP contribution >= 0.6 is 0 Å². The van der Waals surface area contributed by atoms with Crippen molar-refractivity contribution in [1.82, 2.24) is 0 Å². The summed E-state index contributed by atoms with van der Waals surface area (Å²) in [6.45, 7) is 4.09. The van der Waals surface area contributed by atoms with Gasteiger partial charge in [0, 0.05) is 5.57 Å². The molecule has 0 spiro atoms. The molecule has 3 aliphatic rings. The van der Waals surface area contributed by atoms with E-state index in [0.717, 1.165) is 82.6 Å². The number of cyclic esters (lactones) is 1. The van der Waals surface area contributed by atoms with Gasteiger partial charge in [0.2, 0.25) is 0 Å². The van der Waals surface area contributed by atoms with Crippen LogP contribution < -0.4 is 0 Å². The summed E-state index contributed by atoms with van der Waals surface area (Å²) in [6.07, 6.45) is 21.2. The van der Waals surface area contributed by atoms with Gasteiger partial charge < -0.3 is 34.6 Å². The highest BCUT2D eigenvalue weighted by atomic mass is 16.5. The third kappa shape index (κ3) is 14.7. The summed E-state index contributed by atoms with van der Waals surface area (Å²) >= 11 is 0. The minimum Gasteiger partial charge on any atom is -0.455 e. The van der Waals surface area contributed by atoms with E-state index in [9.17, 15) is 25.2 Å². The Morgan fingerprint density at radius 2 is 1.22 bits per heavy atom. The van der Waals surface area contributed by atoms with E-state index in [4.69, 9.17) is 14.2 Å². The zero-order valence-corrected chi connectivity index (χ0v) is 28.5. The number of aliphatic hydroxyl groups excluding tert-OH is 4. The van der Waals surface area contributed by atoms with E-state index in [-0.39, 0.29) is 42.6 Å². The summed E-state index contributed by atoms with van der Waals surface area (Å²) in [5.41, 5.74) is 0.846. The van der Waals surface area contributed by atoms with Crippen molar-refractivity contribution in [2.24, 2.45) is 0 Å². The molecule has 4 N–H and O–H groups in total. The molecule has 3 aliphatic heterocycles. The minimum absolute atomic E-state index is 0.0675. The Hall–Kier alpha value is -1.03. The molecule has 0 aromatic rings. The second-order valence-electron chi connectivity index (χ2n) is 14.2. The average Bonchev–Trinajstić information content (AvgIpc) is 3.77. The summed E-state index contributed by atoms with van der Waals surface area (Å²) in [6, 6.07) is 0. The fourth-order valence-electron chi connectivity index (χ4n) is 7.28. The molecule has 0 aromatic heterocycles. The van der Waals surface area contributed by atoms with Gasteiger partial charge in [0.05, 0.1) is 48.8 Å². The van der Waals surface area contributed by atoms with Crippen LogP contribution in [0.5, 0.6) is 0 Å². The van der Waals surface area contributed by atoms with Gasteiger partial charge in [0.25, 0.3) is 0 Å². The highest BCUT2D eigenvalue weighted by molar-refractivity contribution is 5.90. The number of aliphatic hydroxyl groups is 4. The molecule has 3 heterocycles. The van der Waals surface area contributed by atoms with E-state index in [1.54, 1.807) is 0 Å². The molecule has 0 amide bonds. The molecular weight excluding hydrogens is 572 g/mol. The van der Waals surface area contributed by atoms with Crippen molar-refractivity contribution in [3.8, 4) is 0 Å². The summed E-state index contributed by atoms with van der Waals surface area (Å²) in [7, 11) is 0. The summed E-state index contributed by atoms with van der Waals surface area (Å²) in [5, 5.41) is 42.3. The molecule has 262 valence electrons. The third-order valence-corrected chi connectivity index (χ3v) is 10.2. The van der Waals surface area contributed by atoms with Crippen LogP contribution in [0.1, 0.15) is 162 Å². The Morgan fingerprint density at radius 1 is 0.667 bits per heavy atom. The van der Waals surface area contributed by atoms with Gasteiger partial charge in [0.15, 0.2) is 0 Å². The van der Waals surface area contributed by atoms with Crippen LogP contribution in [-0.4, -0.2) is 81.3 Å². The first-order valence-corrected chi connectivity index (χ1v) is 18.7. The number of carbonyl (C=O) groups excluding carboxylic acids is 1. The largest absolute Gasteiger partial charge is 0.455 e. The normalized spacial score (nSPS) is 27.8. The summed E-state index contributed by atoms with van der Waals surface area (Å²) < 4.78 is 17.4. The fourth-order valence-corrected chi connectivity index (χ4v) is 7.28. The van der Waals surface area contributed by atoms with Crippen molar-refractivity contribution in [2.45, 2.75) is 216 Å². The summed E-state index contributed by atoms with van der Waals surface area (Å²) in [5.74, 6) is -0.138. The summed E-state index contributed by atoms with van der Waals surface area (Å²) in [4.78, 5) is 11.7. The lowest BCUT2D eigenvalue weighted by Gasteiger charge is -2.24. The molecule has 2 fully saturated rings. The molecule has 0 unspecified atom stereocenters. The molecule has 0 bridgehead atoms. The number of ether oxygens (including phenoxy) is 3. The van der Waals surface area contributed by atoms with Crippen molar-refractivity contribution in [3.05, 3.63) is 11.6 Å². The number of unbranched alkanes of at least 4 members (excludes halogenated alkanes) is 9. The monoisotopic (exact) mass is 638 g/mol. The molecule has 8 nitrogen and oxygen atoms in total. The maximum atomic E-state index is 11.7. The zero-order chi connectivity index (χ0) is 32.4. The van der Waals surface area contributed by atoms with Crippen molar-refractivity contribution >= 4 is 5.97 Å². The van der Waals surface area contributed by atoms with Gasteiger partial charge in [-0.15, -0.1) is 0 Å². The van der Waals surface area contributed by atoms with Crippen LogP contribution in [-0.2, 0) is 19.0 Å². The first-order valence-electron chi connectivity index (χ1n) is 18.7. The van der Waals surface area contributed by atoms with E-state index in [1.165, 1.54) is 44.9 Å². The molecule has 2 saturated heterocycles. The highest BCUT2D eigenvalue weighted by Gasteiger charge is 2.36. The molecule has 0 saturated carbocycles. The van der Waals surface area contributed by atoms with Crippen molar-refractivity contribution in [2.75, 3.05) is 0 Å². The smallest absolute Gasteiger partial charge is 0.334 e. The number of carbonyl (C=O) groups is 1. The Labute approximate surface area is 273 Å². The lowest BCUT2D eigenvalue weighted by Crippen LogP contribution is -2.33. The van der Waals surface area contributed by atoms with E-state index in [2.05, 4.69) is 6.92 Å². The van der Waals surface area contributed by atoms with Crippen molar-refractivity contribution in [3.63, 3.8) is 0 Å². The highest BCUT2D eigenvalue weighted by Crippen LogP contribution is 2.31. The van der Waals surface area contributed by atoms with Crippen LogP contribution in [0.4, 0.5) is 0 Å². The van der Waals surface area contributed by atoms with Gasteiger partial charge in [-0.2, -0.15) is 0 Å². The molecule has 0 aromatic carbocycles. The van der Waals surface area contributed by atoms with Gasteiger partial charge in [-0.25, -0.2) is 4.79 Å². The lowest BCUT2D eigenvalue weighted by molar-refractivity contribution is -0.139. The quantitative estimate of drug-likeness (QED) is 0.0634. The van der Waals surface area contributed by atoms with Gasteiger partial charge >= 0.3 is 5.97 Å². The van der Waals surface area contributed by atoms with E-state index in [0.29, 0.717) is 25.7 Å². The second-order valence-corrected chi connectivity index (χ2v) is 14.2. The number of hydrogen-bond donors (Lipinski definition) is 4. The standard InChI is InChI=1S/C37H66O8/c1-3-4-5-12-16-29(38)17-14-19-31(39)35-24-25-36(45-35)33(41)22-21-32(40)34-23-20-30(44-34)18-13-10-8-6-7-9-11-15-28-26-27(2)43-37(28)42/h26-27,29-36,38-41H,3-25H2,1-2H3/t27-,29+,30-,31+,32+,33-,34-,35+,36-/m1/s1. The van der Waals surface area contributed by atoms with Crippen LogP contribution in [0.15, 0.2) is 11.6 Å². The van der Waals surface area contributed by atoms with E-state index in [1.807, 2.05) is 13.0 Å². The number of hydrogen-bond acceptors (Lipinski definition) is 8. The number of rotatable bonds is 25. The molecule has 8 heteroatoms. The second kappa shape index (κ2) is 21.8. The SMILES string of the molecule is CCCCCC[C@H](O)CCC[C@H](O)[C@@H]1CC[C@H]([C@H](O)CC[C@H](O)[C@H]2CC[C@@H](CCCCCCCCCC3=C[C@@H](C)OC3=O)O2)O1. The zero-order valence-electron chi connectivity index (χ0n) is 28.5. The first-order chi connectivity index (χ1) is 21.8. The third-order valence-electron chi connectivity index (χ3n) is 10.2. The van der Waals surface area contributed by atoms with Crippen LogP contribution in [0.2, 0.25) is 0 Å². The maximum Gasteiger partial charge on any atom is 0.334 e. The van der Waals surface area contributed by atoms with Gasteiger partial charge in [0.1, 0.15) is 6.10 Å². The van der Waals surface area contributed by atoms with Crippen LogP contribution in [0, 0.1) is 0 Å². The topological polar surface area (TPSA) is 126 Å². The Bertz CT molecular complexity index is 833. The molecule has 45 heavy (non-hydrogen) atoms. The fraction of sp³-hybridized carbons (Fsp3) is 0.919. The van der Waals surface area contributed by atoms with Crippen LogP contribution in [0.25, 0.3) is 0 Å². The van der Waals surface area contributed by atoms with Gasteiger partial charge in [-0.1, -0.05) is 71.1 Å². The van der Waals surface area contributed by atoms with Crippen molar-refractivity contribution < 1.29 is 39.4 Å². The molecule has 0 radical (unpaired) electrons. The van der Waals surface area contributed by atoms with E-state index >= 15 is 0 Å². The predicted molar refractivity (Wildman–Crippen MR) is 177 cm³/mol. The van der Waals surface area contributed by atoms with Gasteiger partial charge in [-0.05, 0) is 96.5 Å². The average molecular weight is 639 g/mol. The minimum atomic E-state index is -0.654. The Morgan fingerprint density at radius 3 is 1.87 bits per heavy atom. The van der Waals surface area contributed by atoms with Crippen molar-refractivity contribution in [1.29, 1.82) is 0 Å². The predicted octanol–water partition coefficient (Wildman–Crippen LogP) is 6.83. The molecule has 0 aliphatic carbocycles.